The fraction of sp³-hybridized carbons (Fsp3) is 0.182. The summed E-state index contributed by atoms with van der Waals surface area (Å²) < 4.78 is 5.52. The summed E-state index contributed by atoms with van der Waals surface area (Å²) in [5.41, 5.74) is 10.4. The minimum Gasteiger partial charge on any atom is -0.444 e. The first-order valence-electron chi connectivity index (χ1n) is 9.37. The molecule has 0 fully saturated rings. The lowest BCUT2D eigenvalue weighted by molar-refractivity contribution is 0.143. The number of rotatable bonds is 7. The molecule has 7 heteroatoms. The molecule has 0 unspecified atom stereocenters. The molecule has 0 aliphatic heterocycles. The zero-order chi connectivity index (χ0) is 20.2. The summed E-state index contributed by atoms with van der Waals surface area (Å²) in [5, 5.41) is 9.87. The molecule has 0 bridgehead atoms. The SMILES string of the molecule is C/C(=N\OCCCN)c1ccc(Nc2c3ccccc3nc3occ(Cl)c23)cc1. The summed E-state index contributed by atoms with van der Waals surface area (Å²) in [4.78, 5) is 9.83. The summed E-state index contributed by atoms with van der Waals surface area (Å²) >= 11 is 6.37. The summed E-state index contributed by atoms with van der Waals surface area (Å²) in [6.45, 7) is 3.02. The first kappa shape index (κ1) is 19.2. The third-order valence-corrected chi connectivity index (χ3v) is 4.86. The Labute approximate surface area is 173 Å². The quantitative estimate of drug-likeness (QED) is 0.240. The number of fused-ring (bicyclic) bond motifs is 2. The van der Waals surface area contributed by atoms with Crippen LogP contribution in [0.4, 0.5) is 11.4 Å². The first-order chi connectivity index (χ1) is 14.2. The van der Waals surface area contributed by atoms with Crippen molar-refractivity contribution in [1.82, 2.24) is 4.98 Å². The second kappa shape index (κ2) is 8.51. The van der Waals surface area contributed by atoms with Crippen molar-refractivity contribution in [1.29, 1.82) is 0 Å². The minimum absolute atomic E-state index is 0.505. The number of furan rings is 1. The number of halogens is 1. The Bertz CT molecular complexity index is 1170. The predicted molar refractivity (Wildman–Crippen MR) is 118 cm³/mol. The number of anilines is 2. The number of oxime groups is 1. The van der Waals surface area contributed by atoms with Gasteiger partial charge in [0.2, 0.25) is 5.71 Å². The number of para-hydroxylation sites is 1. The van der Waals surface area contributed by atoms with Crippen molar-refractivity contribution in [2.45, 2.75) is 13.3 Å². The summed E-state index contributed by atoms with van der Waals surface area (Å²) in [5.74, 6) is 0. The van der Waals surface area contributed by atoms with E-state index in [-0.39, 0.29) is 0 Å². The van der Waals surface area contributed by atoms with Crippen LogP contribution in [-0.4, -0.2) is 23.8 Å². The molecule has 3 N–H and O–H groups in total. The summed E-state index contributed by atoms with van der Waals surface area (Å²) in [6.07, 6.45) is 2.29. The van der Waals surface area contributed by atoms with E-state index in [0.29, 0.717) is 23.9 Å². The van der Waals surface area contributed by atoms with Crippen LogP contribution in [0.2, 0.25) is 5.02 Å². The zero-order valence-electron chi connectivity index (χ0n) is 16.0. The Hall–Kier alpha value is -3.09. The smallest absolute Gasteiger partial charge is 0.230 e. The average molecular weight is 409 g/mol. The highest BCUT2D eigenvalue weighted by Gasteiger charge is 2.15. The van der Waals surface area contributed by atoms with E-state index < -0.39 is 0 Å². The normalized spacial score (nSPS) is 11.9. The third kappa shape index (κ3) is 4.04. The van der Waals surface area contributed by atoms with Crippen LogP contribution in [0.15, 0.2) is 64.4 Å². The molecule has 0 amide bonds. The lowest BCUT2D eigenvalue weighted by atomic mass is 10.1. The van der Waals surface area contributed by atoms with Crippen molar-refractivity contribution in [3.8, 4) is 0 Å². The molecule has 0 radical (unpaired) electrons. The maximum absolute atomic E-state index is 6.37. The van der Waals surface area contributed by atoms with Gasteiger partial charge in [0.15, 0.2) is 0 Å². The topological polar surface area (TPSA) is 85.7 Å². The fourth-order valence-corrected chi connectivity index (χ4v) is 3.29. The van der Waals surface area contributed by atoms with Gasteiger partial charge in [0.1, 0.15) is 12.9 Å². The highest BCUT2D eigenvalue weighted by atomic mass is 35.5. The van der Waals surface area contributed by atoms with E-state index in [4.69, 9.17) is 26.6 Å². The summed E-state index contributed by atoms with van der Waals surface area (Å²) in [7, 11) is 0. The second-order valence-electron chi connectivity index (χ2n) is 6.62. The molecule has 148 valence electrons. The van der Waals surface area contributed by atoms with Gasteiger partial charge in [-0.2, -0.15) is 0 Å². The van der Waals surface area contributed by atoms with E-state index in [1.165, 1.54) is 6.26 Å². The van der Waals surface area contributed by atoms with Gasteiger partial charge >= 0.3 is 0 Å². The molecule has 29 heavy (non-hydrogen) atoms. The van der Waals surface area contributed by atoms with Gasteiger partial charge in [-0.25, -0.2) is 4.98 Å². The number of nitrogens with two attached hydrogens (primary N) is 1. The molecular weight excluding hydrogens is 388 g/mol. The molecule has 4 aromatic rings. The highest BCUT2D eigenvalue weighted by molar-refractivity contribution is 6.37. The van der Waals surface area contributed by atoms with Crippen LogP contribution in [0.1, 0.15) is 18.9 Å². The van der Waals surface area contributed by atoms with Crippen LogP contribution in [0.5, 0.6) is 0 Å². The van der Waals surface area contributed by atoms with Gasteiger partial charge < -0.3 is 20.3 Å². The Kier molecular flexibility index (Phi) is 5.64. The van der Waals surface area contributed by atoms with E-state index >= 15 is 0 Å². The van der Waals surface area contributed by atoms with Gasteiger partial charge in [-0.1, -0.05) is 47.1 Å². The lowest BCUT2D eigenvalue weighted by Crippen LogP contribution is -2.03. The fourth-order valence-electron chi connectivity index (χ4n) is 3.07. The van der Waals surface area contributed by atoms with Crippen molar-refractivity contribution < 1.29 is 9.25 Å². The second-order valence-corrected chi connectivity index (χ2v) is 7.03. The van der Waals surface area contributed by atoms with Crippen LogP contribution in [-0.2, 0) is 4.84 Å². The van der Waals surface area contributed by atoms with Crippen LogP contribution in [0.3, 0.4) is 0 Å². The zero-order valence-corrected chi connectivity index (χ0v) is 16.7. The van der Waals surface area contributed by atoms with Crippen molar-refractivity contribution in [2.75, 3.05) is 18.5 Å². The van der Waals surface area contributed by atoms with E-state index in [1.807, 2.05) is 55.5 Å². The maximum atomic E-state index is 6.37. The molecule has 2 aromatic heterocycles. The monoisotopic (exact) mass is 408 g/mol. The highest BCUT2D eigenvalue weighted by Crippen LogP contribution is 2.38. The Morgan fingerprint density at radius 1 is 1.21 bits per heavy atom. The van der Waals surface area contributed by atoms with E-state index in [0.717, 1.165) is 45.4 Å². The molecule has 0 aliphatic carbocycles. The van der Waals surface area contributed by atoms with E-state index in [1.54, 1.807) is 0 Å². The number of hydrogen-bond acceptors (Lipinski definition) is 6. The molecule has 4 rings (SSSR count). The number of pyridine rings is 1. The van der Waals surface area contributed by atoms with Gasteiger partial charge in [0.25, 0.3) is 0 Å². The first-order valence-corrected chi connectivity index (χ1v) is 9.74. The molecule has 0 spiro atoms. The van der Waals surface area contributed by atoms with Crippen LogP contribution >= 0.6 is 11.6 Å². The molecule has 0 saturated carbocycles. The molecule has 2 heterocycles. The Morgan fingerprint density at radius 3 is 2.79 bits per heavy atom. The number of hydrogen-bond donors (Lipinski definition) is 2. The van der Waals surface area contributed by atoms with E-state index in [2.05, 4.69) is 15.5 Å². The number of nitrogens with zero attached hydrogens (tertiary/aromatic N) is 2. The van der Waals surface area contributed by atoms with Crippen LogP contribution < -0.4 is 11.1 Å². The minimum atomic E-state index is 0.505. The van der Waals surface area contributed by atoms with E-state index in [9.17, 15) is 0 Å². The summed E-state index contributed by atoms with van der Waals surface area (Å²) in [6, 6.07) is 15.8. The van der Waals surface area contributed by atoms with Crippen LogP contribution in [0, 0.1) is 0 Å². The average Bonchev–Trinajstić information content (AvgIpc) is 3.12. The molecule has 0 saturated heterocycles. The Balaban J connectivity index is 1.64. The predicted octanol–water partition coefficient (Wildman–Crippen LogP) is 5.47. The van der Waals surface area contributed by atoms with Gasteiger partial charge in [-0.3, -0.25) is 0 Å². The number of nitrogens with one attached hydrogen (secondary N) is 1. The standard InChI is InChI=1S/C22H21ClN4O2/c1-14(27-29-12-4-11-24)15-7-9-16(10-8-15)25-21-17-5-2-3-6-19(17)26-22-20(21)18(23)13-28-22/h2-3,5-10,13H,4,11-12,24H2,1H3,(H,25,26)/b27-14+. The van der Waals surface area contributed by atoms with Gasteiger partial charge in [0, 0.05) is 11.1 Å². The Morgan fingerprint density at radius 2 is 2.00 bits per heavy atom. The maximum Gasteiger partial charge on any atom is 0.230 e. The molecule has 2 aromatic carbocycles. The van der Waals surface area contributed by atoms with Gasteiger partial charge in [-0.05, 0) is 43.7 Å². The van der Waals surface area contributed by atoms with Crippen molar-refractivity contribution in [3.63, 3.8) is 0 Å². The van der Waals surface area contributed by atoms with Crippen molar-refractivity contribution >= 4 is 50.7 Å². The van der Waals surface area contributed by atoms with Crippen molar-refractivity contribution in [2.24, 2.45) is 10.9 Å². The van der Waals surface area contributed by atoms with Gasteiger partial charge in [0.05, 0.1) is 27.3 Å². The number of benzene rings is 2. The number of aromatic nitrogens is 1. The third-order valence-electron chi connectivity index (χ3n) is 4.59. The molecule has 0 atom stereocenters. The van der Waals surface area contributed by atoms with Crippen molar-refractivity contribution in [3.05, 3.63) is 65.4 Å². The largest absolute Gasteiger partial charge is 0.444 e. The lowest BCUT2D eigenvalue weighted by Gasteiger charge is -2.12. The molecule has 0 aliphatic rings. The van der Waals surface area contributed by atoms with Gasteiger partial charge in [-0.15, -0.1) is 0 Å². The van der Waals surface area contributed by atoms with Crippen LogP contribution in [0.25, 0.3) is 22.0 Å². The molecule has 6 nitrogen and oxygen atoms in total. The molecular formula is C22H21ClN4O2.